The number of nitrogens with one attached hydrogen (secondary N) is 1. The number of anilines is 1. The first-order chi connectivity index (χ1) is 9.13. The fourth-order valence-electron chi connectivity index (χ4n) is 2.20. The molecule has 5 nitrogen and oxygen atoms in total. The first-order valence-electron chi connectivity index (χ1n) is 6.21. The van der Waals surface area contributed by atoms with Gasteiger partial charge in [0, 0.05) is 17.5 Å². The highest BCUT2D eigenvalue weighted by molar-refractivity contribution is 7.99. The molecule has 0 spiro atoms. The first kappa shape index (κ1) is 12.5. The number of ether oxygens (including phenoxy) is 1. The third-order valence-electron chi connectivity index (χ3n) is 3.28. The number of aromatic nitrogens is 2. The average molecular weight is 277 g/mol. The molecular formula is C13H15N3O2S. The molecule has 2 atom stereocenters. The van der Waals surface area contributed by atoms with Crippen LogP contribution >= 0.6 is 11.8 Å². The number of H-pyrrole nitrogens is 1. The van der Waals surface area contributed by atoms with E-state index in [9.17, 15) is 4.79 Å². The Morgan fingerprint density at radius 3 is 3.11 bits per heavy atom. The first-order valence-corrected chi connectivity index (χ1v) is 7.09. The second kappa shape index (κ2) is 4.86. The van der Waals surface area contributed by atoms with Crippen LogP contribution in [0.15, 0.2) is 28.2 Å². The molecule has 0 amide bonds. The molecule has 6 heteroatoms. The van der Waals surface area contributed by atoms with Gasteiger partial charge in [0.1, 0.15) is 0 Å². The highest BCUT2D eigenvalue weighted by Gasteiger charge is 2.26. The number of nitrogens with zero attached hydrogens (tertiary/aromatic N) is 1. The number of nitrogens with two attached hydrogens (primary N) is 1. The minimum Gasteiger partial charge on any atom is -0.399 e. The van der Waals surface area contributed by atoms with Crippen molar-refractivity contribution in [1.29, 1.82) is 0 Å². The Labute approximate surface area is 114 Å². The Morgan fingerprint density at radius 2 is 2.37 bits per heavy atom. The zero-order valence-electron chi connectivity index (χ0n) is 10.6. The van der Waals surface area contributed by atoms with E-state index in [1.807, 2.05) is 6.92 Å². The summed E-state index contributed by atoms with van der Waals surface area (Å²) in [5.41, 5.74) is 6.77. The van der Waals surface area contributed by atoms with E-state index in [1.54, 1.807) is 30.0 Å². The van der Waals surface area contributed by atoms with Crippen LogP contribution in [-0.2, 0) is 4.74 Å². The fraction of sp³-hybridized carbons (Fsp3) is 0.385. The summed E-state index contributed by atoms with van der Waals surface area (Å²) in [5.74, 6) is 0. The minimum absolute atomic E-state index is 0.147. The smallest absolute Gasteiger partial charge is 0.259 e. The van der Waals surface area contributed by atoms with Crippen LogP contribution < -0.4 is 11.3 Å². The van der Waals surface area contributed by atoms with Crippen molar-refractivity contribution in [1.82, 2.24) is 9.97 Å². The number of nitrogen functional groups attached to an aromatic ring is 1. The topological polar surface area (TPSA) is 81.0 Å². The normalized spacial score (nSPS) is 23.0. The quantitative estimate of drug-likeness (QED) is 0.646. The van der Waals surface area contributed by atoms with Crippen molar-refractivity contribution in [3.8, 4) is 0 Å². The van der Waals surface area contributed by atoms with E-state index < -0.39 is 0 Å². The van der Waals surface area contributed by atoms with Gasteiger partial charge in [-0.3, -0.25) is 4.79 Å². The molecule has 2 heterocycles. The molecular weight excluding hydrogens is 262 g/mol. The Bertz CT molecular complexity index is 670. The van der Waals surface area contributed by atoms with Gasteiger partial charge in [-0.05, 0) is 31.5 Å². The van der Waals surface area contributed by atoms with Gasteiger partial charge in [0.05, 0.1) is 17.0 Å². The number of benzene rings is 1. The molecule has 1 aromatic carbocycles. The van der Waals surface area contributed by atoms with Crippen LogP contribution in [0.2, 0.25) is 0 Å². The molecule has 1 saturated heterocycles. The van der Waals surface area contributed by atoms with Crippen molar-refractivity contribution in [2.45, 2.75) is 29.9 Å². The van der Waals surface area contributed by atoms with Crippen molar-refractivity contribution in [2.24, 2.45) is 0 Å². The van der Waals surface area contributed by atoms with Crippen molar-refractivity contribution >= 4 is 28.4 Å². The van der Waals surface area contributed by atoms with Gasteiger partial charge in [0.25, 0.3) is 5.56 Å². The lowest BCUT2D eigenvalue weighted by molar-refractivity contribution is 0.127. The average Bonchev–Trinajstić information content (AvgIpc) is 2.76. The van der Waals surface area contributed by atoms with Crippen LogP contribution in [0.25, 0.3) is 10.9 Å². The molecule has 2 aromatic rings. The third-order valence-corrected chi connectivity index (χ3v) is 4.62. The van der Waals surface area contributed by atoms with Gasteiger partial charge in [-0.1, -0.05) is 11.8 Å². The molecule has 0 radical (unpaired) electrons. The number of fused-ring (bicyclic) bond motifs is 1. The van der Waals surface area contributed by atoms with Crippen molar-refractivity contribution in [2.75, 3.05) is 12.3 Å². The van der Waals surface area contributed by atoms with Gasteiger partial charge < -0.3 is 15.5 Å². The van der Waals surface area contributed by atoms with Crippen molar-refractivity contribution < 1.29 is 4.74 Å². The van der Waals surface area contributed by atoms with Gasteiger partial charge in [-0.15, -0.1) is 0 Å². The molecule has 0 bridgehead atoms. The van der Waals surface area contributed by atoms with Gasteiger partial charge in [0.2, 0.25) is 0 Å². The Kier molecular flexibility index (Phi) is 3.20. The van der Waals surface area contributed by atoms with Gasteiger partial charge in [-0.25, -0.2) is 4.98 Å². The maximum absolute atomic E-state index is 12.0. The third kappa shape index (κ3) is 2.46. The van der Waals surface area contributed by atoms with Crippen LogP contribution in [0.5, 0.6) is 0 Å². The molecule has 1 aliphatic rings. The molecule has 100 valence electrons. The van der Waals surface area contributed by atoms with Crippen LogP contribution in [-0.4, -0.2) is 27.9 Å². The van der Waals surface area contributed by atoms with E-state index in [-0.39, 0.29) is 11.7 Å². The second-order valence-electron chi connectivity index (χ2n) is 4.67. The monoisotopic (exact) mass is 277 g/mol. The van der Waals surface area contributed by atoms with E-state index in [0.717, 1.165) is 13.0 Å². The lowest BCUT2D eigenvalue weighted by Gasteiger charge is -2.12. The highest BCUT2D eigenvalue weighted by atomic mass is 32.2. The molecule has 2 unspecified atom stereocenters. The zero-order valence-corrected chi connectivity index (χ0v) is 11.4. The van der Waals surface area contributed by atoms with Gasteiger partial charge >= 0.3 is 0 Å². The van der Waals surface area contributed by atoms with Crippen LogP contribution in [0.4, 0.5) is 5.69 Å². The van der Waals surface area contributed by atoms with Crippen LogP contribution in [0, 0.1) is 0 Å². The molecule has 19 heavy (non-hydrogen) atoms. The Balaban J connectivity index is 1.97. The lowest BCUT2D eigenvalue weighted by atomic mass is 10.2. The number of aromatic amines is 1. The van der Waals surface area contributed by atoms with Crippen LogP contribution in [0.1, 0.15) is 13.3 Å². The molecule has 3 N–H and O–H groups in total. The second-order valence-corrected chi connectivity index (χ2v) is 5.90. The summed E-state index contributed by atoms with van der Waals surface area (Å²) in [6, 6.07) is 5.18. The predicted molar refractivity (Wildman–Crippen MR) is 76.5 cm³/mol. The summed E-state index contributed by atoms with van der Waals surface area (Å²) in [6.07, 6.45) is 1.17. The van der Waals surface area contributed by atoms with E-state index in [1.165, 1.54) is 0 Å². The van der Waals surface area contributed by atoms with Gasteiger partial charge in [-0.2, -0.15) is 0 Å². The number of hydrogen-bond acceptors (Lipinski definition) is 5. The lowest BCUT2D eigenvalue weighted by Crippen LogP contribution is -2.16. The summed E-state index contributed by atoms with van der Waals surface area (Å²) in [4.78, 5) is 19.3. The Hall–Kier alpha value is -1.53. The number of thioether (sulfide) groups is 1. The van der Waals surface area contributed by atoms with Gasteiger partial charge in [0.15, 0.2) is 5.16 Å². The predicted octanol–water partition coefficient (Wildman–Crippen LogP) is 1.77. The molecule has 1 fully saturated rings. The maximum Gasteiger partial charge on any atom is 0.259 e. The van der Waals surface area contributed by atoms with Crippen molar-refractivity contribution in [3.63, 3.8) is 0 Å². The minimum atomic E-state index is -0.147. The molecule has 0 saturated carbocycles. The van der Waals surface area contributed by atoms with E-state index in [4.69, 9.17) is 10.5 Å². The molecule has 1 aliphatic heterocycles. The summed E-state index contributed by atoms with van der Waals surface area (Å²) in [5, 5.41) is 1.51. The number of hydrogen-bond donors (Lipinski definition) is 2. The number of rotatable bonds is 2. The maximum atomic E-state index is 12.0. The summed E-state index contributed by atoms with van der Waals surface area (Å²) >= 11 is 1.57. The van der Waals surface area contributed by atoms with E-state index in [2.05, 4.69) is 9.97 Å². The van der Waals surface area contributed by atoms with Crippen molar-refractivity contribution in [3.05, 3.63) is 28.6 Å². The van der Waals surface area contributed by atoms with E-state index in [0.29, 0.717) is 27.0 Å². The Morgan fingerprint density at radius 1 is 1.53 bits per heavy atom. The SMILES string of the molecule is CC1OCCC1Sc1nc2ccc(N)cc2c(=O)[nH]1. The summed E-state index contributed by atoms with van der Waals surface area (Å²) in [7, 11) is 0. The fourth-order valence-corrected chi connectivity index (χ4v) is 3.27. The molecule has 3 rings (SSSR count). The van der Waals surface area contributed by atoms with E-state index >= 15 is 0 Å². The summed E-state index contributed by atoms with van der Waals surface area (Å²) < 4.78 is 5.51. The highest BCUT2D eigenvalue weighted by Crippen LogP contribution is 2.30. The molecule has 0 aliphatic carbocycles. The molecule has 1 aromatic heterocycles. The van der Waals surface area contributed by atoms with Crippen LogP contribution in [0.3, 0.4) is 0 Å². The zero-order chi connectivity index (χ0) is 13.4. The standard InChI is InChI=1S/C13H15N3O2S/c1-7-11(4-5-18-7)19-13-15-10-3-2-8(14)6-9(10)12(17)16-13/h2-3,6-7,11H,4-5,14H2,1H3,(H,15,16,17). The summed E-state index contributed by atoms with van der Waals surface area (Å²) in [6.45, 7) is 2.82. The largest absolute Gasteiger partial charge is 0.399 e.